The summed E-state index contributed by atoms with van der Waals surface area (Å²) >= 11 is 0. The molecule has 0 saturated heterocycles. The third-order valence-corrected chi connectivity index (χ3v) is 3.33. The molecule has 0 aliphatic carbocycles. The highest BCUT2D eigenvalue weighted by atomic mass is 16.3. The largest absolute Gasteiger partial charge is 0.463 e. The Morgan fingerprint density at radius 3 is 2.60 bits per heavy atom. The van der Waals surface area contributed by atoms with Gasteiger partial charge in [-0.15, -0.1) is 0 Å². The maximum atomic E-state index is 12.4. The molecule has 0 atom stereocenters. The van der Waals surface area contributed by atoms with Crippen LogP contribution in [0.3, 0.4) is 0 Å². The second kappa shape index (κ2) is 4.19. The molecule has 3 rings (SSSR count). The quantitative estimate of drug-likeness (QED) is 0.667. The maximum absolute atomic E-state index is 12.4. The first kappa shape index (κ1) is 12.4. The van der Waals surface area contributed by atoms with Crippen molar-refractivity contribution in [2.45, 2.75) is 6.92 Å². The van der Waals surface area contributed by atoms with Crippen molar-refractivity contribution in [3.8, 4) is 11.5 Å². The second-order valence-corrected chi connectivity index (χ2v) is 4.69. The molecule has 20 heavy (non-hydrogen) atoms. The van der Waals surface area contributed by atoms with Gasteiger partial charge in [-0.2, -0.15) is 0 Å². The van der Waals surface area contributed by atoms with Crippen molar-refractivity contribution >= 4 is 10.9 Å². The Bertz CT molecular complexity index is 917. The summed E-state index contributed by atoms with van der Waals surface area (Å²) < 4.78 is 7.87. The molecule has 3 aromatic heterocycles. The van der Waals surface area contributed by atoms with Gasteiger partial charge in [0, 0.05) is 19.8 Å². The van der Waals surface area contributed by atoms with Crippen molar-refractivity contribution in [1.82, 2.24) is 14.1 Å². The first-order chi connectivity index (χ1) is 9.50. The van der Waals surface area contributed by atoms with Crippen LogP contribution in [0.1, 0.15) is 5.69 Å². The number of nitrogens with zero attached hydrogens (tertiary/aromatic N) is 3. The van der Waals surface area contributed by atoms with Crippen molar-refractivity contribution in [3.05, 3.63) is 51.0 Å². The number of aromatic nitrogens is 3. The van der Waals surface area contributed by atoms with Crippen LogP contribution in [-0.2, 0) is 14.1 Å². The summed E-state index contributed by atoms with van der Waals surface area (Å²) in [6.07, 6.45) is 1.53. The molecule has 0 aliphatic heterocycles. The molecule has 102 valence electrons. The highest BCUT2D eigenvalue weighted by molar-refractivity contribution is 5.90. The Morgan fingerprint density at radius 1 is 1.20 bits per heavy atom. The van der Waals surface area contributed by atoms with Gasteiger partial charge in [-0.1, -0.05) is 0 Å². The first-order valence-corrected chi connectivity index (χ1v) is 6.12. The Labute approximate surface area is 113 Å². The molecule has 0 aromatic carbocycles. The first-order valence-electron chi connectivity index (χ1n) is 6.12. The molecule has 3 heterocycles. The SMILES string of the molecule is Cc1cc2c(c(-c3ccco3)n1)c(=O)n(C)c(=O)n2C. The normalized spacial score (nSPS) is 11.2. The second-order valence-electron chi connectivity index (χ2n) is 4.69. The Kier molecular flexibility index (Phi) is 2.60. The highest BCUT2D eigenvalue weighted by Gasteiger charge is 2.17. The highest BCUT2D eigenvalue weighted by Crippen LogP contribution is 2.24. The van der Waals surface area contributed by atoms with Gasteiger partial charge in [0.1, 0.15) is 5.69 Å². The van der Waals surface area contributed by atoms with E-state index in [1.807, 2.05) is 6.92 Å². The Balaban J connectivity index is 2.61. The van der Waals surface area contributed by atoms with Crippen LogP contribution in [0.4, 0.5) is 0 Å². The van der Waals surface area contributed by atoms with Gasteiger partial charge in [0.15, 0.2) is 5.76 Å². The molecule has 6 heteroatoms. The number of aryl methyl sites for hydroxylation is 2. The molecule has 0 radical (unpaired) electrons. The molecular formula is C14H13N3O3. The lowest BCUT2D eigenvalue weighted by Crippen LogP contribution is -2.37. The third kappa shape index (κ3) is 1.61. The van der Waals surface area contributed by atoms with E-state index in [0.717, 1.165) is 4.57 Å². The summed E-state index contributed by atoms with van der Waals surface area (Å²) in [5, 5.41) is 0.384. The molecule has 0 unspecified atom stereocenters. The topological polar surface area (TPSA) is 70.0 Å². The molecule has 0 spiro atoms. The summed E-state index contributed by atoms with van der Waals surface area (Å²) in [6, 6.07) is 5.20. The van der Waals surface area contributed by atoms with Gasteiger partial charge in [0.2, 0.25) is 0 Å². The van der Waals surface area contributed by atoms with Crippen LogP contribution in [-0.4, -0.2) is 14.1 Å². The van der Waals surface area contributed by atoms with E-state index in [1.165, 1.54) is 17.9 Å². The van der Waals surface area contributed by atoms with E-state index in [2.05, 4.69) is 4.98 Å². The summed E-state index contributed by atoms with van der Waals surface area (Å²) in [5.74, 6) is 0.509. The fourth-order valence-corrected chi connectivity index (χ4v) is 2.31. The average Bonchev–Trinajstić information content (AvgIpc) is 2.95. The molecule has 0 N–H and O–H groups in total. The van der Waals surface area contributed by atoms with E-state index in [1.54, 1.807) is 25.2 Å². The van der Waals surface area contributed by atoms with E-state index in [9.17, 15) is 9.59 Å². The van der Waals surface area contributed by atoms with Crippen LogP contribution in [0, 0.1) is 6.92 Å². The third-order valence-electron chi connectivity index (χ3n) is 3.33. The smallest absolute Gasteiger partial charge is 0.330 e. The average molecular weight is 271 g/mol. The van der Waals surface area contributed by atoms with Crippen molar-refractivity contribution in [3.63, 3.8) is 0 Å². The predicted octanol–water partition coefficient (Wildman–Crippen LogP) is 1.20. The van der Waals surface area contributed by atoms with Gasteiger partial charge in [-0.3, -0.25) is 13.9 Å². The summed E-state index contributed by atoms with van der Waals surface area (Å²) in [6.45, 7) is 1.81. The van der Waals surface area contributed by atoms with E-state index in [-0.39, 0.29) is 11.2 Å². The van der Waals surface area contributed by atoms with Crippen LogP contribution < -0.4 is 11.2 Å². The fourth-order valence-electron chi connectivity index (χ4n) is 2.31. The van der Waals surface area contributed by atoms with Gasteiger partial charge >= 0.3 is 5.69 Å². The number of pyridine rings is 1. The van der Waals surface area contributed by atoms with Crippen molar-refractivity contribution < 1.29 is 4.42 Å². The van der Waals surface area contributed by atoms with Crippen molar-refractivity contribution in [1.29, 1.82) is 0 Å². The fraction of sp³-hybridized carbons (Fsp3) is 0.214. The van der Waals surface area contributed by atoms with E-state index >= 15 is 0 Å². The minimum absolute atomic E-state index is 0.363. The van der Waals surface area contributed by atoms with Crippen LogP contribution in [0.25, 0.3) is 22.4 Å². The van der Waals surface area contributed by atoms with Crippen molar-refractivity contribution in [2.24, 2.45) is 14.1 Å². The number of rotatable bonds is 1. The minimum atomic E-state index is -0.373. The summed E-state index contributed by atoms with van der Waals surface area (Å²) in [5.41, 5.74) is 0.992. The lowest BCUT2D eigenvalue weighted by atomic mass is 10.1. The zero-order valence-corrected chi connectivity index (χ0v) is 11.4. The lowest BCUT2D eigenvalue weighted by molar-refractivity contribution is 0.580. The number of furan rings is 1. The zero-order valence-electron chi connectivity index (χ0n) is 11.4. The van der Waals surface area contributed by atoms with Crippen molar-refractivity contribution in [2.75, 3.05) is 0 Å². The molecule has 0 amide bonds. The van der Waals surface area contributed by atoms with Gasteiger partial charge in [-0.05, 0) is 25.1 Å². The van der Waals surface area contributed by atoms with Gasteiger partial charge in [0.25, 0.3) is 5.56 Å². The van der Waals surface area contributed by atoms with E-state index in [4.69, 9.17) is 4.42 Å². The maximum Gasteiger partial charge on any atom is 0.330 e. The Hall–Kier alpha value is -2.63. The summed E-state index contributed by atoms with van der Waals surface area (Å²) in [7, 11) is 3.09. The molecular weight excluding hydrogens is 258 g/mol. The minimum Gasteiger partial charge on any atom is -0.463 e. The summed E-state index contributed by atoms with van der Waals surface area (Å²) in [4.78, 5) is 28.8. The zero-order chi connectivity index (χ0) is 14.4. The standard InChI is InChI=1S/C14H13N3O3/c1-8-7-9-11(12(15-8)10-5-4-6-20-10)13(18)17(3)14(19)16(9)2/h4-7H,1-3H3. The van der Waals surface area contributed by atoms with Crippen LogP contribution in [0.2, 0.25) is 0 Å². The molecule has 0 aliphatic rings. The lowest BCUT2D eigenvalue weighted by Gasteiger charge is -2.10. The number of fused-ring (bicyclic) bond motifs is 1. The monoisotopic (exact) mass is 271 g/mol. The van der Waals surface area contributed by atoms with Gasteiger partial charge in [-0.25, -0.2) is 9.78 Å². The van der Waals surface area contributed by atoms with Crippen LogP contribution >= 0.6 is 0 Å². The van der Waals surface area contributed by atoms with E-state index < -0.39 is 0 Å². The number of hydrogen-bond acceptors (Lipinski definition) is 4. The Morgan fingerprint density at radius 2 is 1.95 bits per heavy atom. The van der Waals surface area contributed by atoms with Crippen LogP contribution in [0.15, 0.2) is 38.5 Å². The molecule has 0 bridgehead atoms. The van der Waals surface area contributed by atoms with Gasteiger partial charge in [0.05, 0.1) is 17.2 Å². The van der Waals surface area contributed by atoms with E-state index in [0.29, 0.717) is 28.1 Å². The molecule has 0 saturated carbocycles. The molecule has 3 aromatic rings. The number of hydrogen-bond donors (Lipinski definition) is 0. The predicted molar refractivity (Wildman–Crippen MR) is 74.7 cm³/mol. The molecule has 6 nitrogen and oxygen atoms in total. The van der Waals surface area contributed by atoms with Gasteiger partial charge < -0.3 is 4.42 Å². The van der Waals surface area contributed by atoms with Crippen LogP contribution in [0.5, 0.6) is 0 Å². The molecule has 0 fully saturated rings.